The molecule has 0 bridgehead atoms. The minimum absolute atomic E-state index is 0.968. The van der Waals surface area contributed by atoms with Crippen LogP contribution in [0.3, 0.4) is 0 Å². The lowest BCUT2D eigenvalue weighted by Gasteiger charge is -2.28. The van der Waals surface area contributed by atoms with Gasteiger partial charge in [0.05, 0.1) is 0 Å². The Morgan fingerprint density at radius 2 is 0.833 bits per heavy atom. The number of rotatable bonds is 17. The molecule has 0 fully saturated rings. The van der Waals surface area contributed by atoms with Crippen LogP contribution in [0.15, 0.2) is 0 Å². The van der Waals surface area contributed by atoms with Crippen LogP contribution in [0.5, 0.6) is 0 Å². The van der Waals surface area contributed by atoms with Gasteiger partial charge < -0.3 is 8.85 Å². The average Bonchev–Trinajstić information content (AvgIpc) is 2.64. The molecule has 0 saturated carbocycles. The summed E-state index contributed by atoms with van der Waals surface area (Å²) in [6.07, 6.45) is 2.39. The Kier molecular flexibility index (Phi) is 15.8. The van der Waals surface area contributed by atoms with Gasteiger partial charge in [0.25, 0.3) is 0 Å². The molecule has 0 unspecified atom stereocenters. The first-order valence-electron chi connectivity index (χ1n) is 10.1. The molecule has 0 radical (unpaired) electrons. The van der Waals surface area contributed by atoms with Crippen molar-refractivity contribution in [1.29, 1.82) is 0 Å². The van der Waals surface area contributed by atoms with Crippen LogP contribution in [0.2, 0.25) is 36.3 Å². The monoisotopic (exact) mass is 410 g/mol. The average molecular weight is 411 g/mol. The van der Waals surface area contributed by atoms with Crippen LogP contribution in [0.1, 0.15) is 54.4 Å². The molecule has 0 aliphatic carbocycles. The lowest BCUT2D eigenvalue weighted by molar-refractivity contribution is 0.300. The molecule has 0 aromatic carbocycles. The van der Waals surface area contributed by atoms with Gasteiger partial charge in [-0.15, -0.1) is 0 Å². The maximum Gasteiger partial charge on any atom is 0.191 e. The van der Waals surface area contributed by atoms with Gasteiger partial charge in [0.1, 0.15) is 0 Å². The third-order valence-electron chi connectivity index (χ3n) is 5.51. The molecule has 0 amide bonds. The Morgan fingerprint density at radius 1 is 0.542 bits per heavy atom. The van der Waals surface area contributed by atoms with Crippen molar-refractivity contribution in [3.8, 4) is 0 Å². The third-order valence-corrected chi connectivity index (χ3v) is 17.5. The van der Waals surface area contributed by atoms with Crippen LogP contribution in [0, 0.1) is 0 Å². The van der Waals surface area contributed by atoms with E-state index in [1.807, 2.05) is 21.6 Å². The van der Waals surface area contributed by atoms with E-state index in [9.17, 15) is 0 Å². The quantitative estimate of drug-likeness (QED) is 0.143. The first-order valence-corrected chi connectivity index (χ1v) is 17.6. The van der Waals surface area contributed by atoms with Gasteiger partial charge in [-0.1, -0.05) is 63.1 Å². The summed E-state index contributed by atoms with van der Waals surface area (Å²) in [6.45, 7) is 15.8. The largest absolute Gasteiger partial charge is 0.417 e. The standard InChI is InChI=1S/C18H42O2S2Si2/c1-7-23(8-2,9-3)19-15-13-17-21-22-18-14-16-20-24(10-4,11-5)12-6/h7-18H2,1-6H3. The maximum atomic E-state index is 6.30. The molecule has 0 aliphatic rings. The van der Waals surface area contributed by atoms with E-state index in [-0.39, 0.29) is 0 Å². The van der Waals surface area contributed by atoms with E-state index in [1.165, 1.54) is 60.6 Å². The lowest BCUT2D eigenvalue weighted by atomic mass is 10.5. The lowest BCUT2D eigenvalue weighted by Crippen LogP contribution is -2.36. The van der Waals surface area contributed by atoms with Crippen molar-refractivity contribution in [2.45, 2.75) is 90.6 Å². The Balaban J connectivity index is 3.58. The van der Waals surface area contributed by atoms with Crippen molar-refractivity contribution in [1.82, 2.24) is 0 Å². The highest BCUT2D eigenvalue weighted by Crippen LogP contribution is 2.26. The van der Waals surface area contributed by atoms with Crippen LogP contribution in [0.25, 0.3) is 0 Å². The van der Waals surface area contributed by atoms with Crippen LogP contribution >= 0.6 is 21.6 Å². The van der Waals surface area contributed by atoms with Crippen molar-refractivity contribution >= 4 is 38.2 Å². The summed E-state index contributed by atoms with van der Waals surface area (Å²) < 4.78 is 12.6. The summed E-state index contributed by atoms with van der Waals surface area (Å²) >= 11 is 0. The Labute approximate surface area is 162 Å². The molecule has 0 heterocycles. The van der Waals surface area contributed by atoms with Gasteiger partial charge in [-0.05, 0) is 49.1 Å². The molecule has 0 rings (SSSR count). The van der Waals surface area contributed by atoms with Crippen LogP contribution < -0.4 is 0 Å². The first kappa shape index (κ1) is 25.1. The molecule has 6 heteroatoms. The van der Waals surface area contributed by atoms with E-state index in [0.29, 0.717) is 0 Å². The van der Waals surface area contributed by atoms with Crippen molar-refractivity contribution in [3.05, 3.63) is 0 Å². The smallest absolute Gasteiger partial charge is 0.191 e. The number of hydrogen-bond acceptors (Lipinski definition) is 4. The molecular formula is C18H42O2S2Si2. The van der Waals surface area contributed by atoms with E-state index >= 15 is 0 Å². The Morgan fingerprint density at radius 3 is 1.08 bits per heavy atom. The van der Waals surface area contributed by atoms with Crippen molar-refractivity contribution in [2.75, 3.05) is 24.7 Å². The van der Waals surface area contributed by atoms with Crippen molar-refractivity contribution in [2.24, 2.45) is 0 Å². The molecule has 146 valence electrons. The highest BCUT2D eigenvalue weighted by atomic mass is 33.1. The van der Waals surface area contributed by atoms with Crippen LogP contribution in [0.4, 0.5) is 0 Å². The summed E-state index contributed by atoms with van der Waals surface area (Å²) in [5, 5.41) is 0. The Hall–Kier alpha value is 1.05. The van der Waals surface area contributed by atoms with Gasteiger partial charge in [0.2, 0.25) is 0 Å². The minimum atomic E-state index is -1.36. The Bertz CT molecular complexity index is 242. The third kappa shape index (κ3) is 9.67. The topological polar surface area (TPSA) is 18.5 Å². The molecule has 0 atom stereocenters. The van der Waals surface area contributed by atoms with Gasteiger partial charge >= 0.3 is 0 Å². The fourth-order valence-corrected chi connectivity index (χ4v) is 10.5. The molecule has 0 aromatic heterocycles. The van der Waals surface area contributed by atoms with Gasteiger partial charge in [-0.25, -0.2) is 0 Å². The van der Waals surface area contributed by atoms with Crippen molar-refractivity contribution in [3.63, 3.8) is 0 Å². The van der Waals surface area contributed by atoms with Gasteiger partial charge in [0, 0.05) is 24.7 Å². The highest BCUT2D eigenvalue weighted by molar-refractivity contribution is 8.76. The van der Waals surface area contributed by atoms with Gasteiger partial charge in [-0.3, -0.25) is 0 Å². The molecule has 24 heavy (non-hydrogen) atoms. The zero-order valence-electron chi connectivity index (χ0n) is 17.1. The molecular weight excluding hydrogens is 369 g/mol. The molecule has 0 saturated heterocycles. The molecule has 0 spiro atoms. The van der Waals surface area contributed by atoms with E-state index in [4.69, 9.17) is 8.85 Å². The minimum Gasteiger partial charge on any atom is -0.417 e. The molecule has 0 aromatic rings. The van der Waals surface area contributed by atoms with Gasteiger partial charge in [0.15, 0.2) is 16.6 Å². The summed E-state index contributed by atoms with van der Waals surface area (Å²) in [7, 11) is 1.30. The van der Waals surface area contributed by atoms with E-state index in [0.717, 1.165) is 13.2 Å². The van der Waals surface area contributed by atoms with E-state index < -0.39 is 16.6 Å². The summed E-state index contributed by atoms with van der Waals surface area (Å²) in [5.41, 5.74) is 0. The van der Waals surface area contributed by atoms with E-state index in [1.54, 1.807) is 0 Å². The van der Waals surface area contributed by atoms with Crippen LogP contribution in [-0.2, 0) is 8.85 Å². The second kappa shape index (κ2) is 15.1. The van der Waals surface area contributed by atoms with Gasteiger partial charge in [-0.2, -0.15) is 0 Å². The number of hydrogen-bond donors (Lipinski definition) is 0. The SMILES string of the molecule is CC[Si](CC)(CC)OCCCSSCCCO[Si](CC)(CC)CC. The predicted octanol–water partition coefficient (Wildman–Crippen LogP) is 7.19. The molecule has 0 N–H and O–H groups in total. The predicted molar refractivity (Wildman–Crippen MR) is 120 cm³/mol. The molecule has 2 nitrogen and oxygen atoms in total. The normalized spacial score (nSPS) is 12.8. The zero-order valence-corrected chi connectivity index (χ0v) is 20.8. The van der Waals surface area contributed by atoms with Crippen LogP contribution in [-0.4, -0.2) is 41.4 Å². The van der Waals surface area contributed by atoms with E-state index in [2.05, 4.69) is 41.5 Å². The summed E-state index contributed by atoms with van der Waals surface area (Å²) in [6, 6.07) is 7.58. The first-order chi connectivity index (χ1) is 11.6. The second-order valence-corrected chi connectivity index (χ2v) is 18.8. The fraction of sp³-hybridized carbons (Fsp3) is 1.00. The van der Waals surface area contributed by atoms with Crippen molar-refractivity contribution < 1.29 is 8.85 Å². The summed E-state index contributed by atoms with van der Waals surface area (Å²) in [4.78, 5) is 0. The fourth-order valence-electron chi connectivity index (χ4n) is 3.04. The second-order valence-electron chi connectivity index (χ2n) is 6.54. The maximum absolute atomic E-state index is 6.30. The zero-order chi connectivity index (χ0) is 18.3. The highest BCUT2D eigenvalue weighted by Gasteiger charge is 2.28. The summed E-state index contributed by atoms with van der Waals surface area (Å²) in [5.74, 6) is 2.43. The molecule has 0 aliphatic heterocycles.